The van der Waals surface area contributed by atoms with Crippen molar-refractivity contribution < 1.29 is 0 Å². The Balaban J connectivity index is 1.25. The molecule has 6 nitrogen and oxygen atoms in total. The Hall–Kier alpha value is -7.36. The summed E-state index contributed by atoms with van der Waals surface area (Å²) in [7, 11) is 0. The summed E-state index contributed by atoms with van der Waals surface area (Å²) in [5.41, 5.74) is 9.57. The molecule has 0 radical (unpaired) electrons. The first-order chi connectivity index (χ1) is 25.8. The summed E-state index contributed by atoms with van der Waals surface area (Å²) in [6.45, 7) is 0. The maximum absolute atomic E-state index is 9.95. The van der Waals surface area contributed by atoms with Crippen LogP contribution in [-0.4, -0.2) is 24.1 Å². The number of benzene rings is 7. The molecule has 0 unspecified atom stereocenters. The van der Waals surface area contributed by atoms with Gasteiger partial charge in [-0.15, -0.1) is 0 Å². The SMILES string of the molecule is N#Cc1ccccc1-c1nc(-c2ccccc2)nc(-c2cccc(-n3c4ccccc4c4ccc5c(c6ccccc6n5-c5ccccc5)c43)c2)n1. The molecule has 0 saturated heterocycles. The van der Waals surface area contributed by atoms with Gasteiger partial charge in [-0.2, -0.15) is 5.26 Å². The van der Waals surface area contributed by atoms with Crippen LogP contribution in [0.25, 0.3) is 89.2 Å². The highest BCUT2D eigenvalue weighted by Crippen LogP contribution is 2.42. The maximum atomic E-state index is 9.95. The summed E-state index contributed by atoms with van der Waals surface area (Å²) in [5.74, 6) is 1.54. The summed E-state index contributed by atoms with van der Waals surface area (Å²) in [6.07, 6.45) is 0. The summed E-state index contributed by atoms with van der Waals surface area (Å²) < 4.78 is 4.74. The number of nitriles is 1. The van der Waals surface area contributed by atoms with E-state index >= 15 is 0 Å². The molecule has 6 heteroatoms. The minimum absolute atomic E-state index is 0.457. The van der Waals surface area contributed by atoms with Crippen LogP contribution in [0.5, 0.6) is 0 Å². The van der Waals surface area contributed by atoms with Crippen LogP contribution in [0.15, 0.2) is 170 Å². The molecule has 52 heavy (non-hydrogen) atoms. The predicted octanol–water partition coefficient (Wildman–Crippen LogP) is 10.9. The summed E-state index contributed by atoms with van der Waals surface area (Å²) in [4.78, 5) is 14.9. The van der Waals surface area contributed by atoms with Crippen molar-refractivity contribution in [3.63, 3.8) is 0 Å². The topological polar surface area (TPSA) is 72.3 Å². The second-order valence-corrected chi connectivity index (χ2v) is 12.8. The molecule has 3 aromatic heterocycles. The molecule has 242 valence electrons. The van der Waals surface area contributed by atoms with Gasteiger partial charge in [-0.3, -0.25) is 0 Å². The van der Waals surface area contributed by atoms with Gasteiger partial charge in [-0.25, -0.2) is 15.0 Å². The van der Waals surface area contributed by atoms with Gasteiger partial charge < -0.3 is 9.13 Å². The molecule has 0 fully saturated rings. The van der Waals surface area contributed by atoms with Crippen molar-refractivity contribution >= 4 is 43.6 Å². The molecule has 0 aliphatic carbocycles. The molecule has 0 aliphatic heterocycles. The maximum Gasteiger partial charge on any atom is 0.165 e. The van der Waals surface area contributed by atoms with E-state index < -0.39 is 0 Å². The molecule has 0 spiro atoms. The van der Waals surface area contributed by atoms with Crippen LogP contribution in [0.1, 0.15) is 5.56 Å². The molecule has 0 aliphatic rings. The lowest BCUT2D eigenvalue weighted by Gasteiger charge is -2.12. The summed E-state index contributed by atoms with van der Waals surface area (Å²) in [5, 5.41) is 14.7. The van der Waals surface area contributed by atoms with E-state index in [0.717, 1.165) is 44.6 Å². The summed E-state index contributed by atoms with van der Waals surface area (Å²) in [6, 6.07) is 60.4. The number of fused-ring (bicyclic) bond motifs is 7. The summed E-state index contributed by atoms with van der Waals surface area (Å²) >= 11 is 0. The Labute approximate surface area is 299 Å². The van der Waals surface area contributed by atoms with Crippen molar-refractivity contribution in [2.75, 3.05) is 0 Å². The van der Waals surface area contributed by atoms with E-state index in [9.17, 15) is 5.26 Å². The third-order valence-corrected chi connectivity index (χ3v) is 9.80. The van der Waals surface area contributed by atoms with E-state index in [1.54, 1.807) is 6.07 Å². The molecule has 0 atom stereocenters. The normalized spacial score (nSPS) is 11.4. The van der Waals surface area contributed by atoms with Crippen LogP contribution in [0, 0.1) is 11.3 Å². The average molecular weight is 665 g/mol. The zero-order valence-electron chi connectivity index (χ0n) is 27.8. The highest BCUT2D eigenvalue weighted by Gasteiger charge is 2.21. The van der Waals surface area contributed by atoms with Gasteiger partial charge in [0.05, 0.1) is 33.7 Å². The highest BCUT2D eigenvalue weighted by molar-refractivity contribution is 6.26. The van der Waals surface area contributed by atoms with E-state index in [4.69, 9.17) is 15.0 Å². The third-order valence-electron chi connectivity index (χ3n) is 9.80. The van der Waals surface area contributed by atoms with E-state index in [1.165, 1.54) is 21.5 Å². The highest BCUT2D eigenvalue weighted by atomic mass is 15.0. The van der Waals surface area contributed by atoms with E-state index in [0.29, 0.717) is 28.6 Å². The zero-order valence-corrected chi connectivity index (χ0v) is 27.8. The van der Waals surface area contributed by atoms with Gasteiger partial charge in [0, 0.05) is 49.6 Å². The van der Waals surface area contributed by atoms with Crippen molar-refractivity contribution in [1.29, 1.82) is 5.26 Å². The monoisotopic (exact) mass is 664 g/mol. The van der Waals surface area contributed by atoms with Crippen molar-refractivity contribution in [2.45, 2.75) is 0 Å². The van der Waals surface area contributed by atoms with Gasteiger partial charge >= 0.3 is 0 Å². The lowest BCUT2D eigenvalue weighted by atomic mass is 10.1. The molecule has 3 heterocycles. The van der Waals surface area contributed by atoms with Gasteiger partial charge in [-0.05, 0) is 54.6 Å². The standard InChI is InChI=1S/C46H28N6/c47-29-32-16-7-8-21-35(32)46-49-44(30-14-3-1-4-15-30)48-45(50-46)31-17-13-20-34(28-31)52-39-24-11-9-22-36(39)37-26-27-41-42(43(37)52)38-23-10-12-25-40(38)51(41)33-18-5-2-6-19-33/h1-28H. The Morgan fingerprint density at radius 3 is 1.81 bits per heavy atom. The van der Waals surface area contributed by atoms with Gasteiger partial charge in [-0.1, -0.05) is 115 Å². The first-order valence-corrected chi connectivity index (χ1v) is 17.2. The fourth-order valence-electron chi connectivity index (χ4n) is 7.53. The molecule has 0 amide bonds. The minimum Gasteiger partial charge on any atom is -0.309 e. The predicted molar refractivity (Wildman–Crippen MR) is 210 cm³/mol. The smallest absolute Gasteiger partial charge is 0.165 e. The molecular formula is C46H28N6. The number of aromatic nitrogens is 5. The van der Waals surface area contributed by atoms with Crippen molar-refractivity contribution in [1.82, 2.24) is 24.1 Å². The van der Waals surface area contributed by atoms with Crippen LogP contribution in [0.2, 0.25) is 0 Å². The Morgan fingerprint density at radius 1 is 0.423 bits per heavy atom. The Morgan fingerprint density at radius 2 is 1.02 bits per heavy atom. The van der Waals surface area contributed by atoms with Gasteiger partial charge in [0.15, 0.2) is 17.5 Å². The number of hydrogen-bond acceptors (Lipinski definition) is 4. The first-order valence-electron chi connectivity index (χ1n) is 17.2. The largest absolute Gasteiger partial charge is 0.309 e. The van der Waals surface area contributed by atoms with Crippen LogP contribution < -0.4 is 0 Å². The number of para-hydroxylation sites is 3. The minimum atomic E-state index is 0.457. The quantitative estimate of drug-likeness (QED) is 0.184. The molecule has 7 aromatic carbocycles. The van der Waals surface area contributed by atoms with E-state index in [2.05, 4.69) is 124 Å². The van der Waals surface area contributed by atoms with Crippen LogP contribution in [0.3, 0.4) is 0 Å². The molecule has 0 bridgehead atoms. The fraction of sp³-hybridized carbons (Fsp3) is 0. The number of rotatable bonds is 5. The van der Waals surface area contributed by atoms with Crippen molar-refractivity contribution in [3.05, 3.63) is 175 Å². The van der Waals surface area contributed by atoms with E-state index in [-0.39, 0.29) is 0 Å². The fourth-order valence-corrected chi connectivity index (χ4v) is 7.53. The Kier molecular flexibility index (Phi) is 6.76. The van der Waals surface area contributed by atoms with Crippen molar-refractivity contribution in [3.8, 4) is 51.6 Å². The van der Waals surface area contributed by atoms with E-state index in [1.807, 2.05) is 54.6 Å². The van der Waals surface area contributed by atoms with Gasteiger partial charge in [0.1, 0.15) is 0 Å². The second-order valence-electron chi connectivity index (χ2n) is 12.8. The first kappa shape index (κ1) is 29.5. The molecule has 10 aromatic rings. The molecule has 10 rings (SSSR count). The molecule has 0 saturated carbocycles. The molecular weight excluding hydrogens is 637 g/mol. The van der Waals surface area contributed by atoms with Crippen LogP contribution in [-0.2, 0) is 0 Å². The van der Waals surface area contributed by atoms with Gasteiger partial charge in [0.25, 0.3) is 0 Å². The number of nitrogens with zero attached hydrogens (tertiary/aromatic N) is 6. The van der Waals surface area contributed by atoms with Crippen LogP contribution >= 0.6 is 0 Å². The van der Waals surface area contributed by atoms with Gasteiger partial charge in [0.2, 0.25) is 0 Å². The molecule has 0 N–H and O–H groups in total. The van der Waals surface area contributed by atoms with Crippen LogP contribution in [0.4, 0.5) is 0 Å². The zero-order chi connectivity index (χ0) is 34.6. The second kappa shape index (κ2) is 11.9. The van der Waals surface area contributed by atoms with Crippen molar-refractivity contribution in [2.24, 2.45) is 0 Å². The lowest BCUT2D eigenvalue weighted by Crippen LogP contribution is -2.02. The number of hydrogen-bond donors (Lipinski definition) is 0. The lowest BCUT2D eigenvalue weighted by molar-refractivity contribution is 1.07. The average Bonchev–Trinajstić information content (AvgIpc) is 3.74. The third kappa shape index (κ3) is 4.61. The Bertz CT molecular complexity index is 3020.